The Kier molecular flexibility index (Phi) is 62.9. The number of quaternary nitrogens is 1. The summed E-state index contributed by atoms with van der Waals surface area (Å²) in [7, 11) is 1.20. The van der Waals surface area contributed by atoms with Crippen LogP contribution in [-0.4, -0.2) is 69.4 Å². The van der Waals surface area contributed by atoms with Crippen LogP contribution in [0.15, 0.2) is 36.5 Å². The van der Waals surface area contributed by atoms with Crippen LogP contribution in [0.4, 0.5) is 0 Å². The Morgan fingerprint density at radius 1 is 0.405 bits per heavy atom. The summed E-state index contributed by atoms with van der Waals surface area (Å²) < 4.78 is 30.5. The lowest BCUT2D eigenvalue weighted by atomic mass is 10.0. The van der Waals surface area contributed by atoms with Crippen LogP contribution >= 0.6 is 7.82 Å². The number of nitrogens with one attached hydrogen (secondary N) is 1. The number of carbonyl (C=O) groups is 2. The highest BCUT2D eigenvalue weighted by molar-refractivity contribution is 7.45. The number of rotatable bonds is 68. The normalized spacial score (nSPS) is 13.7. The summed E-state index contributed by atoms with van der Waals surface area (Å²) in [6, 6.07) is -0.886. The molecule has 0 saturated carbocycles. The van der Waals surface area contributed by atoms with Crippen molar-refractivity contribution in [3.63, 3.8) is 0 Å². The van der Waals surface area contributed by atoms with E-state index in [0.717, 1.165) is 57.8 Å². The van der Waals surface area contributed by atoms with Crippen molar-refractivity contribution >= 4 is 19.7 Å². The van der Waals surface area contributed by atoms with Crippen molar-refractivity contribution in [1.29, 1.82) is 0 Å². The monoisotopic (exact) mass is 1200 g/mol. The van der Waals surface area contributed by atoms with Crippen LogP contribution in [0, 0.1) is 0 Å². The van der Waals surface area contributed by atoms with Crippen LogP contribution in [0.1, 0.15) is 374 Å². The number of nitrogens with zero attached hydrogens (tertiary/aromatic N) is 1. The van der Waals surface area contributed by atoms with Gasteiger partial charge in [0.25, 0.3) is 7.82 Å². The lowest BCUT2D eigenvalue weighted by Gasteiger charge is -2.30. The maximum atomic E-state index is 13.6. The predicted octanol–water partition coefficient (Wildman–Crippen LogP) is 22.8. The Bertz CT molecular complexity index is 1530. The first-order valence-electron chi connectivity index (χ1n) is 36.8. The zero-order valence-corrected chi connectivity index (χ0v) is 57.8. The van der Waals surface area contributed by atoms with Crippen LogP contribution in [0.25, 0.3) is 0 Å². The van der Waals surface area contributed by atoms with Gasteiger partial charge < -0.3 is 28.5 Å². The molecule has 0 saturated heterocycles. The Morgan fingerprint density at radius 2 is 0.690 bits per heavy atom. The molecule has 0 aromatic rings. The van der Waals surface area contributed by atoms with Crippen molar-refractivity contribution in [2.45, 2.75) is 386 Å². The van der Waals surface area contributed by atoms with Gasteiger partial charge in [0, 0.05) is 12.8 Å². The van der Waals surface area contributed by atoms with Crippen molar-refractivity contribution in [3.05, 3.63) is 36.5 Å². The van der Waals surface area contributed by atoms with Gasteiger partial charge in [-0.15, -0.1) is 0 Å². The molecule has 0 aliphatic heterocycles. The number of phosphoric acid groups is 1. The minimum Gasteiger partial charge on any atom is -0.756 e. The molecule has 0 bridgehead atoms. The minimum absolute atomic E-state index is 0.0196. The SMILES string of the molecule is CCCCCCCC/C=C/CCCCCCCCCCCCCCCCCC(=O)OC(/C=C/CCCCCCCCCCCC)C(COP(=O)([O-])OCC[N+](C)(C)C)NC(=O)CCCCCCCCCCCCC/C=C/CCCCCCCC. The largest absolute Gasteiger partial charge is 0.756 e. The van der Waals surface area contributed by atoms with E-state index in [0.29, 0.717) is 17.4 Å². The molecule has 9 nitrogen and oxygen atoms in total. The predicted molar refractivity (Wildman–Crippen MR) is 363 cm³/mol. The van der Waals surface area contributed by atoms with Crippen LogP contribution in [0.3, 0.4) is 0 Å². The van der Waals surface area contributed by atoms with Crippen LogP contribution in [0.5, 0.6) is 0 Å². The summed E-state index contributed by atoms with van der Waals surface area (Å²) in [6.07, 6.45) is 79.9. The number of ether oxygens (including phenoxy) is 1. The van der Waals surface area contributed by atoms with Crippen LogP contribution in [0.2, 0.25) is 0 Å². The third-order valence-corrected chi connectivity index (χ3v) is 17.8. The lowest BCUT2D eigenvalue weighted by molar-refractivity contribution is -0.870. The Morgan fingerprint density at radius 3 is 1.01 bits per heavy atom. The van der Waals surface area contributed by atoms with Gasteiger partial charge in [-0.3, -0.25) is 14.2 Å². The van der Waals surface area contributed by atoms with Crippen molar-refractivity contribution in [2.75, 3.05) is 40.9 Å². The molecule has 3 atom stereocenters. The van der Waals surface area contributed by atoms with E-state index >= 15 is 0 Å². The third-order valence-electron chi connectivity index (χ3n) is 16.8. The van der Waals surface area contributed by atoms with E-state index in [1.807, 2.05) is 33.3 Å². The van der Waals surface area contributed by atoms with Gasteiger partial charge in [0.1, 0.15) is 19.3 Å². The Hall–Kier alpha value is -1.77. The average Bonchev–Trinajstić information content (AvgIpc) is 3.64. The van der Waals surface area contributed by atoms with Crippen LogP contribution in [-0.2, 0) is 27.9 Å². The maximum absolute atomic E-state index is 13.6. The van der Waals surface area contributed by atoms with E-state index in [1.54, 1.807) is 0 Å². The van der Waals surface area contributed by atoms with Gasteiger partial charge in [0.2, 0.25) is 5.91 Å². The molecule has 496 valence electrons. The van der Waals surface area contributed by atoms with Crippen molar-refractivity contribution < 1.29 is 37.3 Å². The molecule has 0 aliphatic rings. The Balaban J connectivity index is 5.00. The summed E-state index contributed by atoms with van der Waals surface area (Å²) >= 11 is 0. The molecule has 0 aromatic carbocycles. The number of hydrogen-bond acceptors (Lipinski definition) is 7. The third kappa shape index (κ3) is 64.7. The van der Waals surface area contributed by atoms with Gasteiger partial charge in [0.15, 0.2) is 0 Å². The van der Waals surface area contributed by atoms with Gasteiger partial charge in [-0.2, -0.15) is 0 Å². The van der Waals surface area contributed by atoms with E-state index in [2.05, 4.69) is 50.4 Å². The van der Waals surface area contributed by atoms with E-state index in [1.165, 1.54) is 283 Å². The second kappa shape index (κ2) is 64.2. The summed E-state index contributed by atoms with van der Waals surface area (Å²) in [5.41, 5.74) is 0. The number of amides is 1. The number of allylic oxidation sites excluding steroid dienone is 5. The van der Waals surface area contributed by atoms with Crippen molar-refractivity contribution in [2.24, 2.45) is 0 Å². The van der Waals surface area contributed by atoms with E-state index < -0.39 is 20.0 Å². The first-order chi connectivity index (χ1) is 40.9. The highest BCUT2D eigenvalue weighted by Crippen LogP contribution is 2.38. The fourth-order valence-corrected chi connectivity index (χ4v) is 11.8. The smallest absolute Gasteiger partial charge is 0.306 e. The van der Waals surface area contributed by atoms with Gasteiger partial charge in [-0.05, 0) is 83.1 Å². The number of esters is 1. The second-order valence-corrected chi connectivity index (χ2v) is 27.9. The number of phosphoric ester groups is 1. The molecule has 1 N–H and O–H groups in total. The number of likely N-dealkylation sites (N-methyl/N-ethyl adjacent to an activating group) is 1. The summed E-state index contributed by atoms with van der Waals surface area (Å²) in [4.78, 5) is 40.2. The topological polar surface area (TPSA) is 114 Å². The number of unbranched alkanes of at least 4 members (excludes halogenated alkanes) is 48. The molecular formula is C74H143N2O7P. The summed E-state index contributed by atoms with van der Waals surface area (Å²) in [6.45, 7) is 6.90. The first-order valence-corrected chi connectivity index (χ1v) is 38.3. The van der Waals surface area contributed by atoms with Crippen molar-refractivity contribution in [1.82, 2.24) is 5.32 Å². The highest BCUT2D eigenvalue weighted by Gasteiger charge is 2.27. The van der Waals surface area contributed by atoms with Gasteiger partial charge >= 0.3 is 5.97 Å². The van der Waals surface area contributed by atoms with E-state index in [4.69, 9.17) is 13.8 Å². The molecule has 0 spiro atoms. The molecule has 0 radical (unpaired) electrons. The van der Waals surface area contributed by atoms with Gasteiger partial charge in [-0.25, -0.2) is 0 Å². The zero-order valence-electron chi connectivity index (χ0n) is 56.9. The van der Waals surface area contributed by atoms with Crippen LogP contribution < -0.4 is 10.2 Å². The highest BCUT2D eigenvalue weighted by atomic mass is 31.2. The lowest BCUT2D eigenvalue weighted by Crippen LogP contribution is -2.47. The van der Waals surface area contributed by atoms with Gasteiger partial charge in [-0.1, -0.05) is 314 Å². The fraction of sp³-hybridized carbons (Fsp3) is 0.892. The zero-order chi connectivity index (χ0) is 61.4. The Labute approximate surface area is 523 Å². The van der Waals surface area contributed by atoms with E-state index in [9.17, 15) is 19.0 Å². The molecule has 0 heterocycles. The van der Waals surface area contributed by atoms with Crippen molar-refractivity contribution in [3.8, 4) is 0 Å². The molecule has 0 aromatic heterocycles. The molecule has 0 rings (SSSR count). The first kappa shape index (κ1) is 82.2. The molecule has 1 amide bonds. The summed E-state index contributed by atoms with van der Waals surface area (Å²) in [5.74, 6) is -0.522. The molecular weight excluding hydrogens is 1060 g/mol. The minimum atomic E-state index is -4.70. The van der Waals surface area contributed by atoms with E-state index in [-0.39, 0.29) is 31.5 Å². The standard InChI is InChI=1S/C74H143N2O7P/c1-7-10-13-16-19-22-25-28-30-32-34-36-37-38-39-41-43-45-47-49-52-55-58-61-64-67-74(78)83-72(65-62-59-56-53-50-27-24-21-18-15-12-9-3)71(70-82-84(79,80)81-69-68-76(4,5)6)75-73(77)66-63-60-57-54-51-48-46-44-42-40-35-33-31-29-26-23-20-17-14-11-8-2/h28-31,62,65,71-72H,7-27,32-61,63-64,66-70H2,1-6H3,(H-,75,77,79,80)/b30-28+,31-29+,65-62+. The molecule has 10 heteroatoms. The molecule has 84 heavy (non-hydrogen) atoms. The summed E-state index contributed by atoms with van der Waals surface area (Å²) in [5, 5.41) is 3.05. The molecule has 3 unspecified atom stereocenters. The molecule has 0 fully saturated rings. The maximum Gasteiger partial charge on any atom is 0.306 e. The molecule has 0 aliphatic carbocycles. The fourth-order valence-electron chi connectivity index (χ4n) is 11.1. The van der Waals surface area contributed by atoms with Gasteiger partial charge in [0.05, 0.1) is 33.8 Å². The number of carbonyl (C=O) groups excluding carboxylic acids is 2. The average molecular weight is 1200 g/mol. The second-order valence-electron chi connectivity index (χ2n) is 26.4. The quantitative estimate of drug-likeness (QED) is 0.0212. The number of hydrogen-bond donors (Lipinski definition) is 1.